The van der Waals surface area contributed by atoms with E-state index in [1.165, 1.54) is 0 Å². The molecule has 0 radical (unpaired) electrons. The number of aromatic nitrogens is 2. The van der Waals surface area contributed by atoms with Gasteiger partial charge >= 0.3 is 6.09 Å². The van der Waals surface area contributed by atoms with Crippen LogP contribution in [0.15, 0.2) is 18.6 Å². The molecule has 1 aliphatic rings. The quantitative estimate of drug-likeness (QED) is 0.769. The Hall–Kier alpha value is -1.82. The maximum absolute atomic E-state index is 10.6. The molecule has 6 heteroatoms. The van der Waals surface area contributed by atoms with Crippen molar-refractivity contribution in [1.29, 1.82) is 0 Å². The van der Waals surface area contributed by atoms with Crippen LogP contribution in [0.3, 0.4) is 0 Å². The van der Waals surface area contributed by atoms with Crippen molar-refractivity contribution in [2.24, 2.45) is 0 Å². The summed E-state index contributed by atoms with van der Waals surface area (Å²) in [6.07, 6.45) is 5.81. The van der Waals surface area contributed by atoms with Crippen molar-refractivity contribution < 1.29 is 15.0 Å². The number of carbonyl (C=O) groups is 1. The van der Waals surface area contributed by atoms with E-state index in [-0.39, 0.29) is 6.04 Å². The smallest absolute Gasteiger partial charge is 0.404 e. The Balaban J connectivity index is 2.08. The van der Waals surface area contributed by atoms with Crippen molar-refractivity contribution in [1.82, 2.24) is 14.9 Å². The van der Waals surface area contributed by atoms with E-state index in [4.69, 9.17) is 5.11 Å². The molecule has 0 aliphatic heterocycles. The highest BCUT2D eigenvalue weighted by atomic mass is 16.4. The van der Waals surface area contributed by atoms with Gasteiger partial charge in [0.15, 0.2) is 0 Å². The standard InChI is InChI=1S/C13H19N3O3/c1-13(2,19)7-16-8-14-6-11(16)9-3-4-10(5-9)15-12(17)18/h3,6,8,10,15,19H,4-5,7H2,1-2H3,(H,17,18). The zero-order valence-corrected chi connectivity index (χ0v) is 11.1. The minimum Gasteiger partial charge on any atom is -0.465 e. The highest BCUT2D eigenvalue weighted by molar-refractivity contribution is 5.69. The largest absolute Gasteiger partial charge is 0.465 e. The molecule has 2 rings (SSSR count). The number of carboxylic acid groups (broad SMARTS) is 1. The number of hydrogen-bond acceptors (Lipinski definition) is 3. The summed E-state index contributed by atoms with van der Waals surface area (Å²) >= 11 is 0. The number of amides is 1. The Bertz CT molecular complexity index is 499. The average Bonchev–Trinajstić information content (AvgIpc) is 2.83. The number of imidazole rings is 1. The fraction of sp³-hybridized carbons (Fsp3) is 0.538. The Morgan fingerprint density at radius 3 is 3.00 bits per heavy atom. The molecule has 19 heavy (non-hydrogen) atoms. The van der Waals surface area contributed by atoms with Crippen LogP contribution >= 0.6 is 0 Å². The highest BCUT2D eigenvalue weighted by Crippen LogP contribution is 2.28. The molecule has 104 valence electrons. The second-order valence-corrected chi connectivity index (χ2v) is 5.53. The monoisotopic (exact) mass is 265 g/mol. The first kappa shape index (κ1) is 13.6. The van der Waals surface area contributed by atoms with Gasteiger partial charge < -0.3 is 20.1 Å². The van der Waals surface area contributed by atoms with Crippen molar-refractivity contribution >= 4 is 11.7 Å². The molecule has 1 atom stereocenters. The van der Waals surface area contributed by atoms with Crippen LogP contribution in [0.4, 0.5) is 4.79 Å². The van der Waals surface area contributed by atoms with E-state index in [0.717, 1.165) is 11.3 Å². The molecule has 1 aromatic heterocycles. The third-order valence-corrected chi connectivity index (χ3v) is 3.04. The molecule has 6 nitrogen and oxygen atoms in total. The molecule has 0 saturated heterocycles. The summed E-state index contributed by atoms with van der Waals surface area (Å²) in [4.78, 5) is 14.7. The summed E-state index contributed by atoms with van der Waals surface area (Å²) in [5, 5.41) is 21.1. The van der Waals surface area contributed by atoms with Gasteiger partial charge in [0.25, 0.3) is 0 Å². The van der Waals surface area contributed by atoms with Crippen LogP contribution in [0.1, 0.15) is 32.4 Å². The van der Waals surface area contributed by atoms with Gasteiger partial charge in [-0.25, -0.2) is 9.78 Å². The van der Waals surface area contributed by atoms with Crippen molar-refractivity contribution in [3.05, 3.63) is 24.3 Å². The fourth-order valence-electron chi connectivity index (χ4n) is 2.34. The van der Waals surface area contributed by atoms with Gasteiger partial charge in [-0.05, 0) is 32.3 Å². The van der Waals surface area contributed by atoms with Gasteiger partial charge in [-0.2, -0.15) is 0 Å². The summed E-state index contributed by atoms with van der Waals surface area (Å²) in [5.74, 6) is 0. The third kappa shape index (κ3) is 3.57. The first-order valence-electron chi connectivity index (χ1n) is 6.26. The topological polar surface area (TPSA) is 87.4 Å². The molecule has 1 amide bonds. The summed E-state index contributed by atoms with van der Waals surface area (Å²) < 4.78 is 1.90. The molecule has 1 heterocycles. The molecule has 1 aromatic rings. The van der Waals surface area contributed by atoms with E-state index < -0.39 is 11.7 Å². The SMILES string of the molecule is CC(C)(O)Cn1cncc1C1=CCC(NC(=O)O)C1. The first-order valence-corrected chi connectivity index (χ1v) is 6.26. The lowest BCUT2D eigenvalue weighted by atomic mass is 10.1. The molecule has 0 spiro atoms. The van der Waals surface area contributed by atoms with Crippen LogP contribution in [0.2, 0.25) is 0 Å². The normalized spacial score (nSPS) is 19.3. The summed E-state index contributed by atoms with van der Waals surface area (Å²) in [6, 6.07) is -0.0713. The van der Waals surface area contributed by atoms with Crippen LogP contribution in [-0.2, 0) is 6.54 Å². The number of nitrogens with zero attached hydrogens (tertiary/aromatic N) is 2. The lowest BCUT2D eigenvalue weighted by Gasteiger charge is -2.20. The minimum atomic E-state index is -0.996. The summed E-state index contributed by atoms with van der Waals surface area (Å²) in [5.41, 5.74) is 1.20. The van der Waals surface area contributed by atoms with Crippen molar-refractivity contribution in [2.75, 3.05) is 0 Å². The minimum absolute atomic E-state index is 0.0713. The second-order valence-electron chi connectivity index (χ2n) is 5.53. The van der Waals surface area contributed by atoms with Gasteiger partial charge in [0.1, 0.15) is 0 Å². The van der Waals surface area contributed by atoms with E-state index in [2.05, 4.69) is 10.3 Å². The van der Waals surface area contributed by atoms with Crippen LogP contribution in [-0.4, -0.2) is 37.5 Å². The van der Waals surface area contributed by atoms with E-state index in [0.29, 0.717) is 19.4 Å². The van der Waals surface area contributed by atoms with Crippen LogP contribution in [0.5, 0.6) is 0 Å². The second kappa shape index (κ2) is 5.05. The van der Waals surface area contributed by atoms with Gasteiger partial charge in [-0.3, -0.25) is 0 Å². The predicted octanol–water partition coefficient (Wildman–Crippen LogP) is 1.47. The van der Waals surface area contributed by atoms with Gasteiger partial charge in [0.05, 0.1) is 30.4 Å². The molecule has 0 bridgehead atoms. The summed E-state index contributed by atoms with van der Waals surface area (Å²) in [6.45, 7) is 3.94. The highest BCUT2D eigenvalue weighted by Gasteiger charge is 2.23. The van der Waals surface area contributed by atoms with E-state index in [1.54, 1.807) is 26.4 Å². The lowest BCUT2D eigenvalue weighted by molar-refractivity contribution is 0.0612. The van der Waals surface area contributed by atoms with Gasteiger partial charge in [-0.1, -0.05) is 6.08 Å². The molecule has 1 aliphatic carbocycles. The number of rotatable bonds is 4. The zero-order chi connectivity index (χ0) is 14.0. The van der Waals surface area contributed by atoms with Crippen LogP contribution < -0.4 is 5.32 Å². The van der Waals surface area contributed by atoms with Gasteiger partial charge in [-0.15, -0.1) is 0 Å². The molecule has 3 N–H and O–H groups in total. The Morgan fingerprint density at radius 1 is 1.63 bits per heavy atom. The summed E-state index contributed by atoms with van der Waals surface area (Å²) in [7, 11) is 0. The predicted molar refractivity (Wildman–Crippen MR) is 70.7 cm³/mol. The first-order chi connectivity index (χ1) is 8.85. The molecular formula is C13H19N3O3. The Labute approximate surface area is 111 Å². The van der Waals surface area contributed by atoms with Gasteiger partial charge in [0.2, 0.25) is 0 Å². The third-order valence-electron chi connectivity index (χ3n) is 3.04. The average molecular weight is 265 g/mol. The van der Waals surface area contributed by atoms with Crippen molar-refractivity contribution in [3.63, 3.8) is 0 Å². The van der Waals surface area contributed by atoms with Gasteiger partial charge in [0, 0.05) is 6.04 Å². The fourth-order valence-corrected chi connectivity index (χ4v) is 2.34. The Kier molecular flexibility index (Phi) is 3.61. The van der Waals surface area contributed by atoms with E-state index >= 15 is 0 Å². The maximum atomic E-state index is 10.6. The molecule has 0 fully saturated rings. The van der Waals surface area contributed by atoms with Crippen molar-refractivity contribution in [2.45, 2.75) is 44.9 Å². The van der Waals surface area contributed by atoms with E-state index in [9.17, 15) is 9.90 Å². The lowest BCUT2D eigenvalue weighted by Crippen LogP contribution is -2.31. The molecule has 0 aromatic carbocycles. The number of nitrogens with one attached hydrogen (secondary N) is 1. The number of hydrogen-bond donors (Lipinski definition) is 3. The molecular weight excluding hydrogens is 246 g/mol. The number of aliphatic hydroxyl groups is 1. The van der Waals surface area contributed by atoms with Crippen LogP contribution in [0.25, 0.3) is 5.57 Å². The maximum Gasteiger partial charge on any atom is 0.404 e. The van der Waals surface area contributed by atoms with E-state index in [1.807, 2.05) is 10.6 Å². The van der Waals surface area contributed by atoms with Crippen LogP contribution in [0, 0.1) is 0 Å². The van der Waals surface area contributed by atoms with Crippen molar-refractivity contribution in [3.8, 4) is 0 Å². The Morgan fingerprint density at radius 2 is 2.37 bits per heavy atom. The molecule has 0 saturated carbocycles. The zero-order valence-electron chi connectivity index (χ0n) is 11.1. The molecule has 1 unspecified atom stereocenters.